The quantitative estimate of drug-likeness (QED) is 0.817. The van der Waals surface area contributed by atoms with Gasteiger partial charge in [0, 0.05) is 17.7 Å². The molecule has 3 nitrogen and oxygen atoms in total. The number of rotatable bonds is 4. The third-order valence-electron chi connectivity index (χ3n) is 7.07. The van der Waals surface area contributed by atoms with Gasteiger partial charge in [-0.3, -0.25) is 4.79 Å². The molecule has 2 fully saturated rings. The number of pyridine rings is 1. The Balaban J connectivity index is 1.68. The highest BCUT2D eigenvalue weighted by Gasteiger charge is 2.58. The molecule has 4 rings (SSSR count). The van der Waals surface area contributed by atoms with Crippen molar-refractivity contribution in [2.75, 3.05) is 0 Å². The summed E-state index contributed by atoms with van der Waals surface area (Å²) >= 11 is 0. The van der Waals surface area contributed by atoms with Crippen molar-refractivity contribution in [3.8, 4) is 5.88 Å². The van der Waals surface area contributed by atoms with Gasteiger partial charge in [-0.2, -0.15) is 0 Å². The summed E-state index contributed by atoms with van der Waals surface area (Å²) in [6.07, 6.45) is 6.87. The molecular formula is C21H31NO2. The van der Waals surface area contributed by atoms with E-state index in [9.17, 15) is 4.79 Å². The van der Waals surface area contributed by atoms with Gasteiger partial charge in [0.2, 0.25) is 0 Å². The zero-order valence-electron chi connectivity index (χ0n) is 15.5. The summed E-state index contributed by atoms with van der Waals surface area (Å²) in [5.41, 5.74) is 1.99. The molecule has 132 valence electrons. The molecule has 1 aromatic rings. The minimum Gasteiger partial charge on any atom is -0.472 e. The topological polar surface area (TPSA) is 42.1 Å². The molecule has 1 aromatic heterocycles. The molecule has 1 aliphatic heterocycles. The fraction of sp³-hybridized carbons (Fsp3) is 0.762. The van der Waals surface area contributed by atoms with Crippen LogP contribution in [0.2, 0.25) is 0 Å². The van der Waals surface area contributed by atoms with Gasteiger partial charge < -0.3 is 9.72 Å². The van der Waals surface area contributed by atoms with Gasteiger partial charge in [0.15, 0.2) is 11.3 Å². The number of H-pyrrole nitrogens is 1. The van der Waals surface area contributed by atoms with Crippen LogP contribution in [0.1, 0.15) is 77.0 Å². The van der Waals surface area contributed by atoms with Crippen molar-refractivity contribution < 1.29 is 4.74 Å². The van der Waals surface area contributed by atoms with E-state index in [1.807, 2.05) is 6.07 Å². The fourth-order valence-electron chi connectivity index (χ4n) is 5.49. The van der Waals surface area contributed by atoms with Crippen LogP contribution in [-0.4, -0.2) is 10.6 Å². The summed E-state index contributed by atoms with van der Waals surface area (Å²) in [6, 6.07) is 1.84. The van der Waals surface area contributed by atoms with Crippen LogP contribution in [0.4, 0.5) is 0 Å². The lowest BCUT2D eigenvalue weighted by atomic mass is 9.67. The number of nitrogens with one attached hydrogen (secondary N) is 1. The van der Waals surface area contributed by atoms with Crippen molar-refractivity contribution in [2.45, 2.75) is 77.7 Å². The molecule has 0 bridgehead atoms. The van der Waals surface area contributed by atoms with Gasteiger partial charge in [-0.15, -0.1) is 0 Å². The summed E-state index contributed by atoms with van der Waals surface area (Å²) in [4.78, 5) is 16.4. The van der Waals surface area contributed by atoms with Crippen molar-refractivity contribution >= 4 is 0 Å². The van der Waals surface area contributed by atoms with E-state index in [1.165, 1.54) is 25.7 Å². The number of aromatic nitrogens is 1. The smallest absolute Gasteiger partial charge is 0.199 e. The van der Waals surface area contributed by atoms with Crippen LogP contribution < -0.4 is 10.2 Å². The Hall–Kier alpha value is -1.25. The van der Waals surface area contributed by atoms with Crippen LogP contribution in [0.5, 0.6) is 5.88 Å². The largest absolute Gasteiger partial charge is 0.472 e. The summed E-state index contributed by atoms with van der Waals surface area (Å²) in [5, 5.41) is 0. The maximum absolute atomic E-state index is 12.9. The SMILES string of the molecule is CCCCCc1cc(=O)c2c([nH]1)OC(C)(C)C1C[C@H]3C(C)[C@@H]3CC21. The van der Waals surface area contributed by atoms with E-state index in [0.29, 0.717) is 11.8 Å². The third-order valence-corrected chi connectivity index (χ3v) is 7.07. The molecule has 0 spiro atoms. The van der Waals surface area contributed by atoms with E-state index >= 15 is 0 Å². The fourth-order valence-corrected chi connectivity index (χ4v) is 5.49. The van der Waals surface area contributed by atoms with E-state index in [4.69, 9.17) is 4.74 Å². The van der Waals surface area contributed by atoms with Crippen LogP contribution in [0.3, 0.4) is 0 Å². The zero-order valence-corrected chi connectivity index (χ0v) is 15.5. The minimum absolute atomic E-state index is 0.185. The maximum Gasteiger partial charge on any atom is 0.199 e. The van der Waals surface area contributed by atoms with Gasteiger partial charge in [-0.1, -0.05) is 26.7 Å². The lowest BCUT2D eigenvalue weighted by Crippen LogP contribution is -2.48. The van der Waals surface area contributed by atoms with Crippen LogP contribution in [0, 0.1) is 23.7 Å². The summed E-state index contributed by atoms with van der Waals surface area (Å²) < 4.78 is 6.36. The molecule has 24 heavy (non-hydrogen) atoms. The van der Waals surface area contributed by atoms with E-state index in [1.54, 1.807) is 0 Å². The van der Waals surface area contributed by atoms with Gasteiger partial charge in [0.1, 0.15) is 5.60 Å². The standard InChI is InChI=1S/C21H31NO2/c1-5-6-7-8-13-9-18(23)19-16-10-14-12(2)15(14)11-17(16)21(3,4)24-20(19)22-13/h9,12,14-17H,5-8,10-11H2,1-4H3,(H,22,23)/t12?,14-,15-,16?,17?/m0/s1. The molecule has 2 saturated carbocycles. The second-order valence-corrected chi connectivity index (χ2v) is 8.94. The summed E-state index contributed by atoms with van der Waals surface area (Å²) in [6.45, 7) is 9.01. The molecule has 5 atom stereocenters. The zero-order chi connectivity index (χ0) is 17.1. The van der Waals surface area contributed by atoms with Crippen LogP contribution in [-0.2, 0) is 6.42 Å². The first-order valence-electron chi connectivity index (χ1n) is 9.87. The number of hydrogen-bond donors (Lipinski definition) is 1. The van der Waals surface area contributed by atoms with Gasteiger partial charge in [-0.05, 0) is 63.2 Å². The lowest BCUT2D eigenvalue weighted by molar-refractivity contribution is -0.0133. The number of ether oxygens (including phenoxy) is 1. The first-order valence-corrected chi connectivity index (χ1v) is 9.87. The Morgan fingerprint density at radius 1 is 1.25 bits per heavy atom. The predicted octanol–water partition coefficient (Wildman–Crippen LogP) is 4.65. The molecule has 0 aromatic carbocycles. The average Bonchev–Trinajstić information content (AvgIpc) is 3.15. The van der Waals surface area contributed by atoms with Gasteiger partial charge in [-0.25, -0.2) is 0 Å². The van der Waals surface area contributed by atoms with Crippen LogP contribution in [0.25, 0.3) is 0 Å². The Morgan fingerprint density at radius 2 is 2.00 bits per heavy atom. The van der Waals surface area contributed by atoms with E-state index in [2.05, 4.69) is 32.7 Å². The minimum atomic E-state index is -0.185. The number of fused-ring (bicyclic) bond motifs is 4. The molecular weight excluding hydrogens is 298 g/mol. The Labute approximate surface area is 145 Å². The van der Waals surface area contributed by atoms with Gasteiger partial charge in [0.25, 0.3) is 0 Å². The van der Waals surface area contributed by atoms with Gasteiger partial charge >= 0.3 is 0 Å². The number of hydrogen-bond acceptors (Lipinski definition) is 2. The second-order valence-electron chi connectivity index (χ2n) is 8.94. The van der Waals surface area contributed by atoms with Crippen molar-refractivity contribution in [3.05, 3.63) is 27.5 Å². The molecule has 0 amide bonds. The van der Waals surface area contributed by atoms with Crippen molar-refractivity contribution in [3.63, 3.8) is 0 Å². The van der Waals surface area contributed by atoms with E-state index < -0.39 is 0 Å². The first kappa shape index (κ1) is 16.2. The molecule has 3 unspecified atom stereocenters. The van der Waals surface area contributed by atoms with E-state index in [0.717, 1.165) is 47.7 Å². The maximum atomic E-state index is 12.9. The Morgan fingerprint density at radius 3 is 2.75 bits per heavy atom. The molecule has 0 saturated heterocycles. The normalized spacial score (nSPS) is 35.4. The highest BCUT2D eigenvalue weighted by molar-refractivity contribution is 5.37. The number of aromatic amines is 1. The van der Waals surface area contributed by atoms with Crippen LogP contribution >= 0.6 is 0 Å². The summed E-state index contributed by atoms with van der Waals surface area (Å²) in [7, 11) is 0. The van der Waals surface area contributed by atoms with Gasteiger partial charge in [0.05, 0.1) is 5.56 Å². The molecule has 2 heterocycles. The highest BCUT2D eigenvalue weighted by Crippen LogP contribution is 2.63. The molecule has 1 N–H and O–H groups in total. The summed E-state index contributed by atoms with van der Waals surface area (Å²) in [5.74, 6) is 4.15. The van der Waals surface area contributed by atoms with Crippen molar-refractivity contribution in [2.24, 2.45) is 23.7 Å². The highest BCUT2D eigenvalue weighted by atomic mass is 16.5. The Bertz CT molecular complexity index is 690. The lowest BCUT2D eigenvalue weighted by Gasteiger charge is -2.46. The number of aryl methyl sites for hydroxylation is 1. The van der Waals surface area contributed by atoms with Crippen molar-refractivity contribution in [1.29, 1.82) is 0 Å². The van der Waals surface area contributed by atoms with Crippen molar-refractivity contribution in [1.82, 2.24) is 4.98 Å². The molecule has 0 radical (unpaired) electrons. The monoisotopic (exact) mass is 329 g/mol. The number of unbranched alkanes of at least 4 members (excludes halogenated alkanes) is 2. The molecule has 3 aliphatic rings. The predicted molar refractivity (Wildman–Crippen MR) is 96.6 cm³/mol. The van der Waals surface area contributed by atoms with E-state index in [-0.39, 0.29) is 11.0 Å². The average molecular weight is 329 g/mol. The molecule has 2 aliphatic carbocycles. The van der Waals surface area contributed by atoms with Crippen LogP contribution in [0.15, 0.2) is 10.9 Å². The Kier molecular flexibility index (Phi) is 3.81. The third kappa shape index (κ3) is 2.51. The molecule has 3 heteroatoms. The second kappa shape index (κ2) is 5.64. The first-order chi connectivity index (χ1) is 11.4.